The van der Waals surface area contributed by atoms with Gasteiger partial charge in [-0.3, -0.25) is 14.9 Å². The van der Waals surface area contributed by atoms with Crippen LogP contribution in [0.1, 0.15) is 10.4 Å². The molecule has 7 heteroatoms. The lowest BCUT2D eigenvalue weighted by molar-refractivity contribution is -0.384. The van der Waals surface area contributed by atoms with Crippen LogP contribution in [-0.4, -0.2) is 17.4 Å². The van der Waals surface area contributed by atoms with E-state index in [0.29, 0.717) is 9.79 Å². The zero-order chi connectivity index (χ0) is 16.8. The van der Waals surface area contributed by atoms with Crippen molar-refractivity contribution in [1.29, 1.82) is 0 Å². The Morgan fingerprint density at radius 1 is 1.30 bits per heavy atom. The van der Waals surface area contributed by atoms with Crippen molar-refractivity contribution in [3.8, 4) is 12.3 Å². The van der Waals surface area contributed by atoms with Gasteiger partial charge in [0.2, 0.25) is 0 Å². The Bertz CT molecular complexity index is 802. The number of carbonyl (C=O) groups excluding carboxylic acids is 1. The Kier molecular flexibility index (Phi) is 5.33. The number of hydrogen-bond acceptors (Lipinski definition) is 4. The number of amides is 1. The number of nitrogens with one attached hydrogen (secondary N) is 1. The molecule has 0 radical (unpaired) electrons. The first-order valence-corrected chi connectivity index (χ1v) is 7.27. The molecule has 0 aliphatic rings. The van der Waals surface area contributed by atoms with Crippen molar-refractivity contribution in [2.45, 2.75) is 9.79 Å². The fraction of sp³-hybridized carbons (Fsp3) is 0.0625. The maximum absolute atomic E-state index is 13.8. The first-order valence-electron chi connectivity index (χ1n) is 6.45. The lowest BCUT2D eigenvalue weighted by atomic mass is 10.2. The Balaban J connectivity index is 2.41. The van der Waals surface area contributed by atoms with E-state index in [-0.39, 0.29) is 17.8 Å². The number of benzene rings is 2. The van der Waals surface area contributed by atoms with E-state index in [1.54, 1.807) is 18.2 Å². The second kappa shape index (κ2) is 7.42. The number of rotatable bonds is 5. The first-order chi connectivity index (χ1) is 11.0. The number of nitro benzene ring substituents is 1. The van der Waals surface area contributed by atoms with E-state index in [2.05, 4.69) is 11.2 Å². The molecule has 1 amide bonds. The number of non-ortho nitro benzene ring substituents is 1. The maximum Gasteiger partial charge on any atom is 0.270 e. The Morgan fingerprint density at radius 3 is 2.70 bits per heavy atom. The summed E-state index contributed by atoms with van der Waals surface area (Å²) in [6.07, 6.45) is 5.09. The zero-order valence-corrected chi connectivity index (χ0v) is 12.6. The predicted molar refractivity (Wildman–Crippen MR) is 84.8 cm³/mol. The van der Waals surface area contributed by atoms with Gasteiger partial charge in [0.15, 0.2) is 0 Å². The number of halogens is 1. The molecule has 5 nitrogen and oxygen atoms in total. The van der Waals surface area contributed by atoms with Gasteiger partial charge in [-0.2, -0.15) is 0 Å². The van der Waals surface area contributed by atoms with Crippen LogP contribution in [0.15, 0.2) is 52.3 Å². The third-order valence-electron chi connectivity index (χ3n) is 2.83. The van der Waals surface area contributed by atoms with Crippen molar-refractivity contribution in [2.75, 3.05) is 6.54 Å². The molecule has 2 aromatic rings. The van der Waals surface area contributed by atoms with Crippen LogP contribution in [0.4, 0.5) is 10.1 Å². The average Bonchev–Trinajstić information content (AvgIpc) is 2.54. The Hall–Kier alpha value is -2.85. The van der Waals surface area contributed by atoms with Crippen molar-refractivity contribution in [1.82, 2.24) is 5.32 Å². The van der Waals surface area contributed by atoms with Crippen LogP contribution in [0.5, 0.6) is 0 Å². The standard InChI is InChI=1S/C16H11FN2O3S/c1-2-9-18-16(20)12-10-11(19(21)22)7-8-14(12)23-15-6-4-3-5-13(15)17/h1,3-8,10H,9H2,(H,18,20). The highest BCUT2D eigenvalue weighted by molar-refractivity contribution is 7.99. The lowest BCUT2D eigenvalue weighted by Gasteiger charge is -2.09. The second-order valence-electron chi connectivity index (χ2n) is 4.36. The molecule has 23 heavy (non-hydrogen) atoms. The van der Waals surface area contributed by atoms with Crippen LogP contribution in [-0.2, 0) is 0 Å². The quantitative estimate of drug-likeness (QED) is 0.519. The van der Waals surface area contributed by atoms with E-state index >= 15 is 0 Å². The number of hydrogen-bond donors (Lipinski definition) is 1. The summed E-state index contributed by atoms with van der Waals surface area (Å²) in [7, 11) is 0. The fourth-order valence-corrected chi connectivity index (χ4v) is 2.72. The summed E-state index contributed by atoms with van der Waals surface area (Å²) < 4.78 is 13.8. The normalized spacial score (nSPS) is 9.91. The second-order valence-corrected chi connectivity index (χ2v) is 5.44. The molecule has 116 valence electrons. The molecule has 0 unspecified atom stereocenters. The van der Waals surface area contributed by atoms with Gasteiger partial charge in [0.25, 0.3) is 11.6 Å². The van der Waals surface area contributed by atoms with Crippen molar-refractivity contribution >= 4 is 23.4 Å². The number of carbonyl (C=O) groups is 1. The molecule has 1 N–H and O–H groups in total. The van der Waals surface area contributed by atoms with E-state index in [9.17, 15) is 19.3 Å². The molecule has 0 saturated carbocycles. The molecule has 0 saturated heterocycles. The van der Waals surface area contributed by atoms with Gasteiger partial charge >= 0.3 is 0 Å². The maximum atomic E-state index is 13.8. The van der Waals surface area contributed by atoms with Gasteiger partial charge in [-0.05, 0) is 18.2 Å². The Labute approximate surface area is 136 Å². The number of nitrogens with zero attached hydrogens (tertiary/aromatic N) is 1. The SMILES string of the molecule is C#CCNC(=O)c1cc([N+](=O)[O-])ccc1Sc1ccccc1F. The molecule has 0 aromatic heterocycles. The highest BCUT2D eigenvalue weighted by Crippen LogP contribution is 2.33. The monoisotopic (exact) mass is 330 g/mol. The summed E-state index contributed by atoms with van der Waals surface area (Å²) in [6.45, 7) is -0.00860. The summed E-state index contributed by atoms with van der Waals surface area (Å²) in [5, 5.41) is 13.3. The van der Waals surface area contributed by atoms with Crippen LogP contribution in [0.2, 0.25) is 0 Å². The molecule has 2 rings (SSSR count). The van der Waals surface area contributed by atoms with Crippen LogP contribution in [0, 0.1) is 28.3 Å². The van der Waals surface area contributed by atoms with Gasteiger partial charge in [0.05, 0.1) is 17.0 Å². The minimum Gasteiger partial charge on any atom is -0.341 e. The van der Waals surface area contributed by atoms with E-state index < -0.39 is 16.6 Å². The summed E-state index contributed by atoms with van der Waals surface area (Å²) in [5.41, 5.74) is -0.156. The van der Waals surface area contributed by atoms with E-state index in [1.165, 1.54) is 18.2 Å². The van der Waals surface area contributed by atoms with E-state index in [4.69, 9.17) is 6.42 Å². The molecule has 0 bridgehead atoms. The molecule has 0 aliphatic heterocycles. The van der Waals surface area contributed by atoms with Crippen molar-refractivity contribution in [3.05, 3.63) is 64.0 Å². The highest BCUT2D eigenvalue weighted by atomic mass is 32.2. The summed E-state index contributed by atoms with van der Waals surface area (Å²) in [5.74, 6) is 1.26. The van der Waals surface area contributed by atoms with Gasteiger partial charge in [0.1, 0.15) is 5.82 Å². The van der Waals surface area contributed by atoms with E-state index in [1.807, 2.05) is 0 Å². The molecule has 0 aliphatic carbocycles. The first kappa shape index (κ1) is 16.5. The molecular formula is C16H11FN2O3S. The van der Waals surface area contributed by atoms with E-state index in [0.717, 1.165) is 17.8 Å². The third kappa shape index (κ3) is 4.08. The van der Waals surface area contributed by atoms with Crippen LogP contribution in [0.25, 0.3) is 0 Å². The lowest BCUT2D eigenvalue weighted by Crippen LogP contribution is -2.24. The van der Waals surface area contributed by atoms with Crippen LogP contribution < -0.4 is 5.32 Å². The largest absolute Gasteiger partial charge is 0.341 e. The van der Waals surface area contributed by atoms with Gasteiger partial charge in [-0.25, -0.2) is 4.39 Å². The summed E-state index contributed by atoms with van der Waals surface area (Å²) in [4.78, 5) is 23.1. The Morgan fingerprint density at radius 2 is 2.04 bits per heavy atom. The smallest absolute Gasteiger partial charge is 0.270 e. The topological polar surface area (TPSA) is 72.2 Å². The number of terminal acetylenes is 1. The van der Waals surface area contributed by atoms with Crippen molar-refractivity contribution in [3.63, 3.8) is 0 Å². The zero-order valence-electron chi connectivity index (χ0n) is 11.8. The number of nitro groups is 1. The van der Waals surface area contributed by atoms with Gasteiger partial charge in [-0.15, -0.1) is 6.42 Å². The van der Waals surface area contributed by atoms with Crippen molar-refractivity contribution in [2.24, 2.45) is 0 Å². The molecular weight excluding hydrogens is 319 g/mol. The molecule has 0 heterocycles. The van der Waals surface area contributed by atoms with Crippen LogP contribution in [0.3, 0.4) is 0 Å². The summed E-state index contributed by atoms with van der Waals surface area (Å²) >= 11 is 1.01. The van der Waals surface area contributed by atoms with Gasteiger partial charge in [0, 0.05) is 21.9 Å². The average molecular weight is 330 g/mol. The van der Waals surface area contributed by atoms with Gasteiger partial charge < -0.3 is 5.32 Å². The van der Waals surface area contributed by atoms with Crippen molar-refractivity contribution < 1.29 is 14.1 Å². The minimum atomic E-state index is -0.602. The molecule has 0 spiro atoms. The third-order valence-corrected chi connectivity index (χ3v) is 3.95. The fourth-order valence-electron chi connectivity index (χ4n) is 1.77. The highest BCUT2D eigenvalue weighted by Gasteiger charge is 2.18. The minimum absolute atomic E-state index is 0.00860. The molecule has 0 atom stereocenters. The molecule has 2 aromatic carbocycles. The predicted octanol–water partition coefficient (Wildman–Crippen LogP) is 3.25. The van der Waals surface area contributed by atoms with Gasteiger partial charge in [-0.1, -0.05) is 29.8 Å². The van der Waals surface area contributed by atoms with Crippen LogP contribution >= 0.6 is 11.8 Å². The molecule has 0 fully saturated rings. The summed E-state index contributed by atoms with van der Waals surface area (Å²) in [6, 6.07) is 9.90.